The summed E-state index contributed by atoms with van der Waals surface area (Å²) in [7, 11) is 1.85. The van der Waals surface area contributed by atoms with Crippen LogP contribution in [0.4, 0.5) is 0 Å². The number of nitrogens with one attached hydrogen (secondary N) is 1. The lowest BCUT2D eigenvalue weighted by Crippen LogP contribution is -2.39. The molecule has 114 valence electrons. The van der Waals surface area contributed by atoms with Crippen molar-refractivity contribution in [1.29, 1.82) is 0 Å². The first-order chi connectivity index (χ1) is 9.11. The van der Waals surface area contributed by atoms with E-state index in [2.05, 4.69) is 36.0 Å². The van der Waals surface area contributed by atoms with Gasteiger partial charge in [0.25, 0.3) is 0 Å². The van der Waals surface area contributed by atoms with E-state index in [9.17, 15) is 0 Å². The fourth-order valence-electron chi connectivity index (χ4n) is 2.49. The minimum absolute atomic E-state index is 0. The van der Waals surface area contributed by atoms with Gasteiger partial charge in [0.1, 0.15) is 5.01 Å². The first-order valence-electron chi connectivity index (χ1n) is 7.03. The van der Waals surface area contributed by atoms with Gasteiger partial charge in [-0.05, 0) is 25.7 Å². The van der Waals surface area contributed by atoms with Crippen molar-refractivity contribution >= 4 is 41.3 Å². The Morgan fingerprint density at radius 1 is 1.40 bits per heavy atom. The minimum atomic E-state index is 0. The van der Waals surface area contributed by atoms with Crippen LogP contribution in [0.25, 0.3) is 0 Å². The number of aryl methyl sites for hydroxylation is 1. The molecule has 4 nitrogen and oxygen atoms in total. The van der Waals surface area contributed by atoms with Crippen molar-refractivity contribution in [2.24, 2.45) is 4.99 Å². The highest BCUT2D eigenvalue weighted by Crippen LogP contribution is 2.24. The molecule has 1 aromatic rings. The molecule has 0 aliphatic carbocycles. The molecule has 0 atom stereocenters. The lowest BCUT2D eigenvalue weighted by atomic mass is 10.1. The number of rotatable bonds is 3. The predicted octanol–water partition coefficient (Wildman–Crippen LogP) is 3.36. The predicted molar refractivity (Wildman–Crippen MR) is 97.4 cm³/mol. The molecule has 0 radical (unpaired) electrons. The molecule has 0 unspecified atom stereocenters. The SMILES string of the molecule is CN=C(NCc1nc(C(C)C)c(C)s1)N1CCCC1.I. The zero-order valence-corrected chi connectivity index (χ0v) is 15.9. The Hall–Kier alpha value is -0.370. The van der Waals surface area contributed by atoms with Crippen LogP contribution < -0.4 is 5.32 Å². The van der Waals surface area contributed by atoms with Gasteiger partial charge >= 0.3 is 0 Å². The highest BCUT2D eigenvalue weighted by Gasteiger charge is 2.16. The molecule has 1 fully saturated rings. The number of aliphatic imine (C=N–C) groups is 1. The molecule has 6 heteroatoms. The number of likely N-dealkylation sites (tertiary alicyclic amines) is 1. The van der Waals surface area contributed by atoms with E-state index in [0.717, 1.165) is 30.6 Å². The molecule has 0 amide bonds. The van der Waals surface area contributed by atoms with Crippen molar-refractivity contribution in [3.63, 3.8) is 0 Å². The Bertz CT molecular complexity index is 450. The van der Waals surface area contributed by atoms with Gasteiger partial charge in [0.2, 0.25) is 0 Å². The molecule has 1 N–H and O–H groups in total. The Kier molecular flexibility index (Phi) is 7.22. The van der Waals surface area contributed by atoms with Crippen LogP contribution in [0.15, 0.2) is 4.99 Å². The summed E-state index contributed by atoms with van der Waals surface area (Å²) in [6.07, 6.45) is 2.54. The van der Waals surface area contributed by atoms with E-state index in [-0.39, 0.29) is 24.0 Å². The van der Waals surface area contributed by atoms with Crippen molar-refractivity contribution in [3.05, 3.63) is 15.6 Å². The van der Waals surface area contributed by atoms with Crippen LogP contribution in [-0.4, -0.2) is 36.0 Å². The van der Waals surface area contributed by atoms with Gasteiger partial charge in [0, 0.05) is 25.0 Å². The van der Waals surface area contributed by atoms with Crippen molar-refractivity contribution in [2.75, 3.05) is 20.1 Å². The molecule has 0 spiro atoms. The largest absolute Gasteiger partial charge is 0.350 e. The van der Waals surface area contributed by atoms with Gasteiger partial charge in [-0.25, -0.2) is 4.98 Å². The molecule has 0 saturated carbocycles. The van der Waals surface area contributed by atoms with Crippen molar-refractivity contribution in [3.8, 4) is 0 Å². The van der Waals surface area contributed by atoms with E-state index in [1.165, 1.54) is 23.4 Å². The summed E-state index contributed by atoms with van der Waals surface area (Å²) < 4.78 is 0. The van der Waals surface area contributed by atoms with Crippen LogP contribution in [0.1, 0.15) is 48.2 Å². The lowest BCUT2D eigenvalue weighted by molar-refractivity contribution is 0.493. The molecule has 0 bridgehead atoms. The van der Waals surface area contributed by atoms with E-state index < -0.39 is 0 Å². The summed E-state index contributed by atoms with van der Waals surface area (Å²) in [5, 5.41) is 4.59. The zero-order chi connectivity index (χ0) is 13.8. The third kappa shape index (κ3) is 4.31. The fourth-order valence-corrected chi connectivity index (χ4v) is 3.52. The highest BCUT2D eigenvalue weighted by molar-refractivity contribution is 14.0. The Labute approximate surface area is 143 Å². The van der Waals surface area contributed by atoms with Gasteiger partial charge < -0.3 is 10.2 Å². The number of guanidine groups is 1. The second kappa shape index (κ2) is 8.17. The molecule has 1 aliphatic rings. The summed E-state index contributed by atoms with van der Waals surface area (Å²) in [5.41, 5.74) is 1.23. The maximum Gasteiger partial charge on any atom is 0.193 e. The highest BCUT2D eigenvalue weighted by atomic mass is 127. The Morgan fingerprint density at radius 3 is 2.55 bits per heavy atom. The van der Waals surface area contributed by atoms with Crippen LogP contribution in [-0.2, 0) is 6.54 Å². The van der Waals surface area contributed by atoms with Crippen LogP contribution >= 0.6 is 35.3 Å². The van der Waals surface area contributed by atoms with E-state index in [4.69, 9.17) is 4.98 Å². The maximum absolute atomic E-state index is 4.72. The molecule has 1 aromatic heterocycles. The third-order valence-electron chi connectivity index (χ3n) is 3.44. The van der Waals surface area contributed by atoms with Gasteiger partial charge in [-0.1, -0.05) is 13.8 Å². The minimum Gasteiger partial charge on any atom is -0.350 e. The molecule has 20 heavy (non-hydrogen) atoms. The fraction of sp³-hybridized carbons (Fsp3) is 0.714. The molecule has 2 rings (SSSR count). The average Bonchev–Trinajstić information content (AvgIpc) is 3.00. The number of halogens is 1. The number of nitrogens with zero attached hydrogens (tertiary/aromatic N) is 3. The van der Waals surface area contributed by atoms with Gasteiger partial charge in [0.05, 0.1) is 12.2 Å². The number of thiazole rings is 1. The molecule has 1 saturated heterocycles. The van der Waals surface area contributed by atoms with Crippen LogP contribution in [0.3, 0.4) is 0 Å². The topological polar surface area (TPSA) is 40.5 Å². The standard InChI is InChI=1S/C14H24N4S.HI/c1-10(2)13-11(3)19-12(17-13)9-16-14(15-4)18-7-5-6-8-18;/h10H,5-9H2,1-4H3,(H,15,16);1H. The zero-order valence-electron chi connectivity index (χ0n) is 12.8. The van der Waals surface area contributed by atoms with Gasteiger partial charge in [-0.15, -0.1) is 35.3 Å². The van der Waals surface area contributed by atoms with Crippen LogP contribution in [0, 0.1) is 6.92 Å². The number of hydrogen-bond acceptors (Lipinski definition) is 3. The smallest absolute Gasteiger partial charge is 0.193 e. The number of hydrogen-bond donors (Lipinski definition) is 1. The monoisotopic (exact) mass is 408 g/mol. The Morgan fingerprint density at radius 2 is 2.05 bits per heavy atom. The van der Waals surface area contributed by atoms with Crippen LogP contribution in [0.2, 0.25) is 0 Å². The summed E-state index contributed by atoms with van der Waals surface area (Å²) in [6, 6.07) is 0. The van der Waals surface area contributed by atoms with Gasteiger partial charge in [0.15, 0.2) is 5.96 Å². The first-order valence-corrected chi connectivity index (χ1v) is 7.85. The van der Waals surface area contributed by atoms with E-state index >= 15 is 0 Å². The lowest BCUT2D eigenvalue weighted by Gasteiger charge is -2.20. The maximum atomic E-state index is 4.72. The quantitative estimate of drug-likeness (QED) is 0.474. The summed E-state index contributed by atoms with van der Waals surface area (Å²) in [5.74, 6) is 1.51. The molecular formula is C14H25IN4S. The van der Waals surface area contributed by atoms with E-state index in [1.807, 2.05) is 7.05 Å². The van der Waals surface area contributed by atoms with E-state index in [1.54, 1.807) is 11.3 Å². The molecular weight excluding hydrogens is 383 g/mol. The summed E-state index contributed by atoms with van der Waals surface area (Å²) >= 11 is 1.79. The van der Waals surface area contributed by atoms with Crippen molar-refractivity contribution in [1.82, 2.24) is 15.2 Å². The molecule has 2 heterocycles. The Balaban J connectivity index is 0.00000200. The van der Waals surface area contributed by atoms with Crippen molar-refractivity contribution in [2.45, 2.75) is 46.1 Å². The number of aromatic nitrogens is 1. The van der Waals surface area contributed by atoms with Crippen molar-refractivity contribution < 1.29 is 0 Å². The third-order valence-corrected chi connectivity index (χ3v) is 4.43. The molecule has 0 aromatic carbocycles. The van der Waals surface area contributed by atoms with Crippen LogP contribution in [0.5, 0.6) is 0 Å². The summed E-state index contributed by atoms with van der Waals surface area (Å²) in [4.78, 5) is 12.7. The average molecular weight is 408 g/mol. The van der Waals surface area contributed by atoms with Gasteiger partial charge in [-0.2, -0.15) is 0 Å². The van der Waals surface area contributed by atoms with E-state index in [0.29, 0.717) is 5.92 Å². The summed E-state index contributed by atoms with van der Waals surface area (Å²) in [6.45, 7) is 9.57. The second-order valence-electron chi connectivity index (χ2n) is 5.30. The van der Waals surface area contributed by atoms with Gasteiger partial charge in [-0.3, -0.25) is 4.99 Å². The molecule has 1 aliphatic heterocycles. The second-order valence-corrected chi connectivity index (χ2v) is 6.59. The first kappa shape index (κ1) is 17.7. The normalized spacial score (nSPS) is 15.7.